The summed E-state index contributed by atoms with van der Waals surface area (Å²) in [6, 6.07) is 13.9. The van der Waals surface area contributed by atoms with Crippen LogP contribution in [0.1, 0.15) is 9.67 Å². The number of benzene rings is 1. The van der Waals surface area contributed by atoms with Crippen molar-refractivity contribution >= 4 is 17.3 Å². The first-order valence-corrected chi connectivity index (χ1v) is 7.08. The molecule has 3 rings (SSSR count). The first-order chi connectivity index (χ1) is 9.81. The molecule has 0 unspecified atom stereocenters. The molecule has 0 saturated heterocycles. The van der Waals surface area contributed by atoms with E-state index in [0.717, 1.165) is 16.8 Å². The fourth-order valence-electron chi connectivity index (χ4n) is 2.15. The third-order valence-electron chi connectivity index (χ3n) is 3.08. The number of carbonyl (C=O) groups excluding carboxylic acids is 1. The standard InChI is InChI=1S/C16H13NO2S/c1-19-16(18)15-14(17-9-5-6-10-17)13(11-20-15)12-7-3-2-4-8-12/h2-11H,1H3. The van der Waals surface area contributed by atoms with Crippen LogP contribution in [0.2, 0.25) is 0 Å². The predicted octanol–water partition coefficient (Wildman–Crippen LogP) is 3.99. The normalized spacial score (nSPS) is 10.4. The molecule has 0 atom stereocenters. The molecule has 100 valence electrons. The van der Waals surface area contributed by atoms with Gasteiger partial charge in [0, 0.05) is 23.3 Å². The van der Waals surface area contributed by atoms with Crippen molar-refractivity contribution < 1.29 is 9.53 Å². The Bertz CT molecular complexity index is 714. The lowest BCUT2D eigenvalue weighted by Crippen LogP contribution is -2.04. The molecule has 0 spiro atoms. The van der Waals surface area contributed by atoms with Crippen LogP contribution in [0.4, 0.5) is 0 Å². The maximum absolute atomic E-state index is 11.9. The molecule has 20 heavy (non-hydrogen) atoms. The Labute approximate surface area is 121 Å². The van der Waals surface area contributed by atoms with Crippen molar-refractivity contribution in [2.24, 2.45) is 0 Å². The molecular weight excluding hydrogens is 270 g/mol. The summed E-state index contributed by atoms with van der Waals surface area (Å²) < 4.78 is 6.83. The van der Waals surface area contributed by atoms with E-state index in [1.807, 2.05) is 64.8 Å². The predicted molar refractivity (Wildman–Crippen MR) is 80.4 cm³/mol. The third kappa shape index (κ3) is 2.14. The van der Waals surface area contributed by atoms with Gasteiger partial charge in [-0.2, -0.15) is 0 Å². The van der Waals surface area contributed by atoms with Crippen molar-refractivity contribution in [3.8, 4) is 16.8 Å². The van der Waals surface area contributed by atoms with Crippen molar-refractivity contribution in [1.29, 1.82) is 0 Å². The van der Waals surface area contributed by atoms with Gasteiger partial charge in [0.25, 0.3) is 0 Å². The van der Waals surface area contributed by atoms with Crippen LogP contribution in [-0.2, 0) is 4.74 Å². The van der Waals surface area contributed by atoms with Gasteiger partial charge in [-0.05, 0) is 17.7 Å². The van der Waals surface area contributed by atoms with Gasteiger partial charge in [-0.25, -0.2) is 4.79 Å². The Morgan fingerprint density at radius 1 is 1.10 bits per heavy atom. The summed E-state index contributed by atoms with van der Waals surface area (Å²) in [5, 5.41) is 2.00. The number of thiophene rings is 1. The quantitative estimate of drug-likeness (QED) is 0.680. The minimum absolute atomic E-state index is 0.305. The van der Waals surface area contributed by atoms with Gasteiger partial charge in [-0.3, -0.25) is 0 Å². The molecule has 0 aliphatic heterocycles. The van der Waals surface area contributed by atoms with E-state index >= 15 is 0 Å². The highest BCUT2D eigenvalue weighted by Gasteiger charge is 2.20. The fraction of sp³-hybridized carbons (Fsp3) is 0.0625. The van der Waals surface area contributed by atoms with E-state index in [1.54, 1.807) is 0 Å². The largest absolute Gasteiger partial charge is 0.465 e. The SMILES string of the molecule is COC(=O)c1scc(-c2ccccc2)c1-n1cccc1. The number of nitrogens with zero attached hydrogens (tertiary/aromatic N) is 1. The van der Waals surface area contributed by atoms with Gasteiger partial charge in [0.15, 0.2) is 0 Å². The first kappa shape index (κ1) is 12.7. The number of rotatable bonds is 3. The summed E-state index contributed by atoms with van der Waals surface area (Å²) in [5.74, 6) is -0.305. The van der Waals surface area contributed by atoms with E-state index in [1.165, 1.54) is 18.4 Å². The van der Waals surface area contributed by atoms with Crippen LogP contribution in [0.3, 0.4) is 0 Å². The Hall–Kier alpha value is -2.33. The molecule has 0 aliphatic carbocycles. The van der Waals surface area contributed by atoms with Crippen molar-refractivity contribution in [2.45, 2.75) is 0 Å². The number of esters is 1. The van der Waals surface area contributed by atoms with Crippen molar-refractivity contribution in [1.82, 2.24) is 4.57 Å². The van der Waals surface area contributed by atoms with Crippen LogP contribution in [0.5, 0.6) is 0 Å². The molecule has 0 saturated carbocycles. The van der Waals surface area contributed by atoms with Gasteiger partial charge in [-0.1, -0.05) is 30.3 Å². The van der Waals surface area contributed by atoms with Gasteiger partial charge in [0.1, 0.15) is 4.88 Å². The van der Waals surface area contributed by atoms with Gasteiger partial charge in [0.05, 0.1) is 12.8 Å². The molecule has 0 bridgehead atoms. The van der Waals surface area contributed by atoms with Crippen LogP contribution in [0, 0.1) is 0 Å². The van der Waals surface area contributed by atoms with Gasteiger partial charge in [0.2, 0.25) is 0 Å². The Balaban J connectivity index is 2.22. The summed E-state index contributed by atoms with van der Waals surface area (Å²) in [7, 11) is 1.41. The smallest absolute Gasteiger partial charge is 0.350 e. The lowest BCUT2D eigenvalue weighted by Gasteiger charge is -2.08. The molecule has 0 amide bonds. The summed E-state index contributed by atoms with van der Waals surface area (Å²) in [6.07, 6.45) is 3.86. The zero-order valence-electron chi connectivity index (χ0n) is 10.9. The minimum Gasteiger partial charge on any atom is -0.465 e. The van der Waals surface area contributed by atoms with E-state index in [2.05, 4.69) is 0 Å². The van der Waals surface area contributed by atoms with Crippen LogP contribution < -0.4 is 0 Å². The molecule has 4 heteroatoms. The van der Waals surface area contributed by atoms with Gasteiger partial charge < -0.3 is 9.30 Å². The molecule has 3 aromatic rings. The molecular formula is C16H13NO2S. The average Bonchev–Trinajstić information content (AvgIpc) is 3.15. The Kier molecular flexibility index (Phi) is 3.39. The second-order valence-electron chi connectivity index (χ2n) is 4.28. The van der Waals surface area contributed by atoms with E-state index in [4.69, 9.17) is 4.74 Å². The molecule has 0 N–H and O–H groups in total. The average molecular weight is 283 g/mol. The zero-order chi connectivity index (χ0) is 13.9. The monoisotopic (exact) mass is 283 g/mol. The molecule has 1 aromatic carbocycles. The summed E-state index contributed by atoms with van der Waals surface area (Å²) in [4.78, 5) is 12.6. The van der Waals surface area contributed by atoms with E-state index < -0.39 is 0 Å². The van der Waals surface area contributed by atoms with Crippen molar-refractivity contribution in [3.05, 3.63) is 65.1 Å². The lowest BCUT2D eigenvalue weighted by molar-refractivity contribution is 0.0606. The molecule has 0 fully saturated rings. The van der Waals surface area contributed by atoms with Gasteiger partial charge in [-0.15, -0.1) is 11.3 Å². The highest BCUT2D eigenvalue weighted by molar-refractivity contribution is 7.13. The highest BCUT2D eigenvalue weighted by atomic mass is 32.1. The minimum atomic E-state index is -0.305. The van der Waals surface area contributed by atoms with Crippen LogP contribution >= 0.6 is 11.3 Å². The van der Waals surface area contributed by atoms with Crippen LogP contribution in [0.25, 0.3) is 16.8 Å². The number of aromatic nitrogens is 1. The number of hydrogen-bond acceptors (Lipinski definition) is 3. The number of ether oxygens (including phenoxy) is 1. The second-order valence-corrected chi connectivity index (χ2v) is 5.15. The lowest BCUT2D eigenvalue weighted by atomic mass is 10.1. The third-order valence-corrected chi connectivity index (χ3v) is 4.03. The number of methoxy groups -OCH3 is 1. The van der Waals surface area contributed by atoms with E-state index in [-0.39, 0.29) is 5.97 Å². The molecule has 0 aliphatic rings. The fourth-order valence-corrected chi connectivity index (χ4v) is 3.14. The molecule has 3 nitrogen and oxygen atoms in total. The maximum Gasteiger partial charge on any atom is 0.350 e. The maximum atomic E-state index is 11.9. The summed E-state index contributed by atoms with van der Waals surface area (Å²) in [6.45, 7) is 0. The topological polar surface area (TPSA) is 31.2 Å². The molecule has 0 radical (unpaired) electrons. The summed E-state index contributed by atoms with van der Waals surface area (Å²) >= 11 is 1.41. The van der Waals surface area contributed by atoms with Crippen molar-refractivity contribution in [3.63, 3.8) is 0 Å². The van der Waals surface area contributed by atoms with Gasteiger partial charge >= 0.3 is 5.97 Å². The second kappa shape index (κ2) is 5.35. The Morgan fingerprint density at radius 3 is 2.45 bits per heavy atom. The molecule has 2 heterocycles. The number of hydrogen-bond donors (Lipinski definition) is 0. The zero-order valence-corrected chi connectivity index (χ0v) is 11.8. The van der Waals surface area contributed by atoms with Crippen LogP contribution in [-0.4, -0.2) is 17.6 Å². The summed E-state index contributed by atoms with van der Waals surface area (Å²) in [5.41, 5.74) is 2.99. The first-order valence-electron chi connectivity index (χ1n) is 6.20. The van der Waals surface area contributed by atoms with Crippen LogP contribution in [0.15, 0.2) is 60.2 Å². The highest BCUT2D eigenvalue weighted by Crippen LogP contribution is 2.35. The van der Waals surface area contributed by atoms with E-state index in [0.29, 0.717) is 4.88 Å². The van der Waals surface area contributed by atoms with Crippen molar-refractivity contribution in [2.75, 3.05) is 7.11 Å². The molecule has 2 aromatic heterocycles. The van der Waals surface area contributed by atoms with E-state index in [9.17, 15) is 4.79 Å². The number of carbonyl (C=O) groups is 1. The Morgan fingerprint density at radius 2 is 1.80 bits per heavy atom.